The van der Waals surface area contributed by atoms with Crippen molar-refractivity contribution < 1.29 is 36.6 Å². The molecule has 4 aromatic carbocycles. The predicted octanol–water partition coefficient (Wildman–Crippen LogP) is 7.48. The normalized spacial score (nSPS) is 15.0. The first-order valence-corrected chi connectivity index (χ1v) is 11.4. The van der Waals surface area contributed by atoms with Gasteiger partial charge in [-0.3, -0.25) is 0 Å². The van der Waals surface area contributed by atoms with Crippen molar-refractivity contribution in [3.05, 3.63) is 125 Å². The summed E-state index contributed by atoms with van der Waals surface area (Å²) in [7, 11) is 0. The molecule has 0 amide bonds. The molecule has 0 fully saturated rings. The molecule has 1 atom stereocenters. The Morgan fingerprint density at radius 1 is 0.919 bits per heavy atom. The summed E-state index contributed by atoms with van der Waals surface area (Å²) in [5.41, 5.74) is 1.82. The zero-order valence-electron chi connectivity index (χ0n) is 19.3. The molecule has 0 saturated heterocycles. The maximum atomic E-state index is 14.3. The maximum Gasteiger partial charge on any atom is 0.416 e. The van der Waals surface area contributed by atoms with Crippen LogP contribution in [0.25, 0.3) is 11.1 Å². The summed E-state index contributed by atoms with van der Waals surface area (Å²) in [6, 6.07) is 22.7. The lowest BCUT2D eigenvalue weighted by atomic mass is 9.98. The third kappa shape index (κ3) is 5.34. The minimum atomic E-state index is -4.46. The van der Waals surface area contributed by atoms with Crippen LogP contribution in [0.2, 0.25) is 0 Å². The molecule has 8 heteroatoms. The first kappa shape index (κ1) is 24.5. The van der Waals surface area contributed by atoms with Crippen molar-refractivity contribution >= 4 is 5.97 Å². The molecular formula is C29H20F4O4. The Kier molecular flexibility index (Phi) is 6.67. The second kappa shape index (κ2) is 10.1. The van der Waals surface area contributed by atoms with Crippen molar-refractivity contribution in [2.24, 2.45) is 0 Å². The highest BCUT2D eigenvalue weighted by atomic mass is 19.4. The molecule has 37 heavy (non-hydrogen) atoms. The summed E-state index contributed by atoms with van der Waals surface area (Å²) in [6.07, 6.45) is -5.16. The van der Waals surface area contributed by atoms with Gasteiger partial charge in [-0.2, -0.15) is 13.2 Å². The van der Waals surface area contributed by atoms with E-state index in [9.17, 15) is 22.4 Å². The van der Waals surface area contributed by atoms with E-state index in [-0.39, 0.29) is 18.8 Å². The molecule has 188 valence electrons. The van der Waals surface area contributed by atoms with Gasteiger partial charge in [0.2, 0.25) is 6.29 Å². The zero-order chi connectivity index (χ0) is 26.0. The fourth-order valence-corrected chi connectivity index (χ4v) is 4.13. The number of benzene rings is 4. The smallest absolute Gasteiger partial charge is 0.416 e. The van der Waals surface area contributed by atoms with Crippen molar-refractivity contribution in [2.75, 3.05) is 0 Å². The number of carbonyl (C=O) groups is 1. The second-order valence-corrected chi connectivity index (χ2v) is 8.42. The van der Waals surface area contributed by atoms with Gasteiger partial charge >= 0.3 is 12.1 Å². The quantitative estimate of drug-likeness (QED) is 0.207. The lowest BCUT2D eigenvalue weighted by Gasteiger charge is -2.28. The molecule has 4 aromatic rings. The van der Waals surface area contributed by atoms with Gasteiger partial charge in [-0.15, -0.1) is 0 Å². The summed E-state index contributed by atoms with van der Waals surface area (Å²) >= 11 is 0. The minimum Gasteiger partial charge on any atom is -0.460 e. The van der Waals surface area contributed by atoms with E-state index in [0.29, 0.717) is 28.0 Å². The Bertz CT molecular complexity index is 1420. The molecule has 0 bridgehead atoms. The van der Waals surface area contributed by atoms with Crippen LogP contribution in [0.1, 0.15) is 38.9 Å². The van der Waals surface area contributed by atoms with E-state index in [4.69, 9.17) is 14.2 Å². The summed E-state index contributed by atoms with van der Waals surface area (Å²) in [5, 5.41) is 0. The van der Waals surface area contributed by atoms with Crippen LogP contribution in [0.3, 0.4) is 0 Å². The van der Waals surface area contributed by atoms with Crippen LogP contribution in [0.4, 0.5) is 17.6 Å². The van der Waals surface area contributed by atoms with Crippen LogP contribution < -0.4 is 4.74 Å². The molecule has 4 nitrogen and oxygen atoms in total. The average Bonchev–Trinajstić information content (AvgIpc) is 2.91. The van der Waals surface area contributed by atoms with E-state index in [2.05, 4.69) is 0 Å². The van der Waals surface area contributed by atoms with Crippen molar-refractivity contribution in [3.63, 3.8) is 0 Å². The third-order valence-electron chi connectivity index (χ3n) is 5.92. The number of ether oxygens (including phenoxy) is 3. The average molecular weight is 508 g/mol. The molecule has 0 unspecified atom stereocenters. The van der Waals surface area contributed by atoms with Gasteiger partial charge < -0.3 is 14.2 Å². The number of esters is 1. The Labute approximate surface area is 210 Å². The Hall–Kier alpha value is -4.17. The SMILES string of the molecule is O=C(OCc1cc(F)cc2c1O[C@H](c1ccccc1)OC2)c1ccccc1-c1ccc(C(F)(F)F)cc1. The Morgan fingerprint density at radius 3 is 2.35 bits per heavy atom. The van der Waals surface area contributed by atoms with Crippen molar-refractivity contribution in [1.82, 2.24) is 0 Å². The van der Waals surface area contributed by atoms with Crippen molar-refractivity contribution in [2.45, 2.75) is 25.7 Å². The van der Waals surface area contributed by atoms with E-state index in [0.717, 1.165) is 17.7 Å². The number of hydrogen-bond acceptors (Lipinski definition) is 4. The molecule has 0 aromatic heterocycles. The zero-order valence-corrected chi connectivity index (χ0v) is 19.3. The van der Waals surface area contributed by atoms with E-state index >= 15 is 0 Å². The number of hydrogen-bond donors (Lipinski definition) is 0. The van der Waals surface area contributed by atoms with Crippen LogP contribution in [-0.4, -0.2) is 5.97 Å². The van der Waals surface area contributed by atoms with Crippen molar-refractivity contribution in [1.29, 1.82) is 0 Å². The van der Waals surface area contributed by atoms with Gasteiger partial charge in [0.25, 0.3) is 0 Å². The van der Waals surface area contributed by atoms with E-state index in [1.54, 1.807) is 18.2 Å². The predicted molar refractivity (Wildman–Crippen MR) is 127 cm³/mol. The Balaban J connectivity index is 1.37. The lowest BCUT2D eigenvalue weighted by Crippen LogP contribution is -2.20. The first-order chi connectivity index (χ1) is 17.8. The Morgan fingerprint density at radius 2 is 1.62 bits per heavy atom. The summed E-state index contributed by atoms with van der Waals surface area (Å²) in [6.45, 7) is -0.161. The van der Waals surface area contributed by atoms with Gasteiger partial charge in [0.05, 0.1) is 17.7 Å². The highest BCUT2D eigenvalue weighted by Crippen LogP contribution is 2.37. The number of fused-ring (bicyclic) bond motifs is 1. The van der Waals surface area contributed by atoms with Gasteiger partial charge in [0, 0.05) is 16.7 Å². The monoisotopic (exact) mass is 508 g/mol. The van der Waals surface area contributed by atoms with Crippen LogP contribution in [0.5, 0.6) is 5.75 Å². The van der Waals surface area contributed by atoms with Crippen molar-refractivity contribution in [3.8, 4) is 16.9 Å². The van der Waals surface area contributed by atoms with Gasteiger partial charge in [-0.1, -0.05) is 60.7 Å². The molecular weight excluding hydrogens is 488 g/mol. The van der Waals surface area contributed by atoms with Gasteiger partial charge in [0.1, 0.15) is 18.2 Å². The minimum absolute atomic E-state index is 0.115. The number of halogens is 4. The van der Waals surface area contributed by atoms with Crippen LogP contribution >= 0.6 is 0 Å². The van der Waals surface area contributed by atoms with Crippen LogP contribution in [0.15, 0.2) is 91.0 Å². The van der Waals surface area contributed by atoms with Crippen LogP contribution in [0, 0.1) is 5.82 Å². The standard InChI is InChI=1S/C29H20F4O4/c30-23-14-20(26-21(15-23)17-36-28(37-26)19-6-2-1-3-7-19)16-35-27(34)25-9-5-4-8-24(25)18-10-12-22(13-11-18)29(31,32)33/h1-15,28H,16-17H2/t28-/m1/s1. The van der Waals surface area contributed by atoms with E-state index in [1.807, 2.05) is 30.3 Å². The van der Waals surface area contributed by atoms with Gasteiger partial charge in [-0.05, 0) is 41.5 Å². The van der Waals surface area contributed by atoms with Gasteiger partial charge in [0.15, 0.2) is 0 Å². The highest BCUT2D eigenvalue weighted by molar-refractivity contribution is 5.97. The number of rotatable bonds is 5. The molecule has 1 aliphatic heterocycles. The number of alkyl halides is 3. The highest BCUT2D eigenvalue weighted by Gasteiger charge is 2.30. The van der Waals surface area contributed by atoms with E-state index < -0.39 is 29.8 Å². The summed E-state index contributed by atoms with van der Waals surface area (Å²) in [4.78, 5) is 13.0. The molecule has 0 aliphatic carbocycles. The summed E-state index contributed by atoms with van der Waals surface area (Å²) < 4.78 is 70.4. The van der Waals surface area contributed by atoms with Crippen LogP contribution in [-0.2, 0) is 28.9 Å². The third-order valence-corrected chi connectivity index (χ3v) is 5.92. The molecule has 0 saturated carbocycles. The molecule has 1 aliphatic rings. The summed E-state index contributed by atoms with van der Waals surface area (Å²) in [5.74, 6) is -0.856. The molecule has 0 N–H and O–H groups in total. The first-order valence-electron chi connectivity index (χ1n) is 11.4. The fraction of sp³-hybridized carbons (Fsp3) is 0.138. The topological polar surface area (TPSA) is 44.8 Å². The van der Waals surface area contributed by atoms with Gasteiger partial charge in [-0.25, -0.2) is 9.18 Å². The fourth-order valence-electron chi connectivity index (χ4n) is 4.13. The molecule has 1 heterocycles. The lowest BCUT2D eigenvalue weighted by molar-refractivity contribution is -0.137. The molecule has 0 radical (unpaired) electrons. The van der Waals surface area contributed by atoms with E-state index in [1.165, 1.54) is 30.3 Å². The maximum absolute atomic E-state index is 14.3. The second-order valence-electron chi connectivity index (χ2n) is 8.42. The number of carbonyl (C=O) groups excluding carboxylic acids is 1. The molecule has 0 spiro atoms. The molecule has 5 rings (SSSR count). The largest absolute Gasteiger partial charge is 0.460 e.